The standard InChI is InChI=1S/C11H16N6O3.C2H6/c1-4-8-9(12)14-11(13)15-10(8)17(16-4)7-2-5(19)6(3-18)20-7;1-2/h5-7,18-19H,2-3H2,1H3,(H4,12,13,14,15);1-2H3. The van der Waals surface area contributed by atoms with E-state index in [0.29, 0.717) is 23.1 Å². The molecule has 0 saturated carbocycles. The highest BCUT2D eigenvalue weighted by Crippen LogP contribution is 2.32. The molecule has 0 spiro atoms. The van der Waals surface area contributed by atoms with E-state index in [4.69, 9.17) is 21.3 Å². The van der Waals surface area contributed by atoms with Crippen LogP contribution in [0, 0.1) is 6.92 Å². The molecule has 1 aliphatic rings. The Bertz CT molecular complexity index is 659. The molecule has 2 aromatic rings. The van der Waals surface area contributed by atoms with Crippen LogP contribution in [0.15, 0.2) is 0 Å². The number of aliphatic hydroxyl groups is 2. The minimum atomic E-state index is -0.749. The van der Waals surface area contributed by atoms with Crippen molar-refractivity contribution in [3.8, 4) is 0 Å². The molecule has 3 atom stereocenters. The number of aliphatic hydroxyl groups excluding tert-OH is 2. The Morgan fingerprint density at radius 1 is 1.32 bits per heavy atom. The summed E-state index contributed by atoms with van der Waals surface area (Å²) in [5.74, 6) is 0.307. The van der Waals surface area contributed by atoms with E-state index in [1.807, 2.05) is 13.8 Å². The third kappa shape index (κ3) is 2.70. The number of nitrogen functional groups attached to an aromatic ring is 2. The van der Waals surface area contributed by atoms with Gasteiger partial charge < -0.3 is 26.4 Å². The molecule has 0 aromatic carbocycles. The van der Waals surface area contributed by atoms with Gasteiger partial charge in [-0.2, -0.15) is 15.1 Å². The predicted molar refractivity (Wildman–Crippen MR) is 81.9 cm³/mol. The van der Waals surface area contributed by atoms with Crippen LogP contribution in [0.1, 0.15) is 32.2 Å². The van der Waals surface area contributed by atoms with E-state index in [2.05, 4.69) is 15.1 Å². The van der Waals surface area contributed by atoms with Gasteiger partial charge >= 0.3 is 0 Å². The molecule has 0 bridgehead atoms. The second-order valence-corrected chi connectivity index (χ2v) is 4.81. The van der Waals surface area contributed by atoms with Gasteiger partial charge in [0.15, 0.2) is 11.9 Å². The molecule has 122 valence electrons. The van der Waals surface area contributed by atoms with Gasteiger partial charge in [-0.3, -0.25) is 0 Å². The Morgan fingerprint density at radius 3 is 2.59 bits per heavy atom. The molecule has 0 radical (unpaired) electrons. The molecule has 0 aliphatic carbocycles. The van der Waals surface area contributed by atoms with E-state index in [0.717, 1.165) is 0 Å². The summed E-state index contributed by atoms with van der Waals surface area (Å²) < 4.78 is 7.09. The molecule has 1 aliphatic heterocycles. The van der Waals surface area contributed by atoms with Crippen LogP contribution in [-0.2, 0) is 4.74 Å². The lowest BCUT2D eigenvalue weighted by Gasteiger charge is -2.13. The first-order chi connectivity index (χ1) is 10.5. The first kappa shape index (κ1) is 16.4. The fraction of sp³-hybridized carbons (Fsp3) is 0.615. The van der Waals surface area contributed by atoms with Crippen molar-refractivity contribution in [2.45, 2.75) is 45.6 Å². The molecule has 3 heterocycles. The molecule has 0 amide bonds. The lowest BCUT2D eigenvalue weighted by Crippen LogP contribution is -2.24. The second-order valence-electron chi connectivity index (χ2n) is 4.81. The maximum Gasteiger partial charge on any atom is 0.224 e. The van der Waals surface area contributed by atoms with Crippen LogP contribution < -0.4 is 11.5 Å². The Morgan fingerprint density at radius 2 is 2.00 bits per heavy atom. The average molecular weight is 310 g/mol. The van der Waals surface area contributed by atoms with Crippen LogP contribution >= 0.6 is 0 Å². The normalized spacial score (nSPS) is 24.3. The maximum atomic E-state index is 9.80. The van der Waals surface area contributed by atoms with Crippen LogP contribution in [0.4, 0.5) is 11.8 Å². The molecular formula is C13H22N6O3. The van der Waals surface area contributed by atoms with Crippen molar-refractivity contribution >= 4 is 22.8 Å². The van der Waals surface area contributed by atoms with Gasteiger partial charge in [-0.1, -0.05) is 13.8 Å². The fourth-order valence-electron chi connectivity index (χ4n) is 2.48. The zero-order valence-corrected chi connectivity index (χ0v) is 12.9. The molecule has 3 unspecified atom stereocenters. The molecule has 2 aromatic heterocycles. The van der Waals surface area contributed by atoms with Crippen LogP contribution in [0.25, 0.3) is 11.0 Å². The van der Waals surface area contributed by atoms with Gasteiger partial charge in [0.2, 0.25) is 5.95 Å². The zero-order chi connectivity index (χ0) is 16.4. The molecule has 1 saturated heterocycles. The summed E-state index contributed by atoms with van der Waals surface area (Å²) >= 11 is 0. The van der Waals surface area contributed by atoms with Crippen LogP contribution in [0.3, 0.4) is 0 Å². The third-order valence-corrected chi connectivity index (χ3v) is 3.43. The summed E-state index contributed by atoms with van der Waals surface area (Å²) in [6.07, 6.45) is -1.59. The molecule has 9 nitrogen and oxygen atoms in total. The van der Waals surface area contributed by atoms with Crippen molar-refractivity contribution in [2.24, 2.45) is 0 Å². The number of aryl methyl sites for hydroxylation is 1. The van der Waals surface area contributed by atoms with E-state index in [-0.39, 0.29) is 18.4 Å². The quantitative estimate of drug-likeness (QED) is 0.604. The molecular weight excluding hydrogens is 288 g/mol. The average Bonchev–Trinajstić information content (AvgIpc) is 3.01. The van der Waals surface area contributed by atoms with E-state index in [1.54, 1.807) is 6.92 Å². The van der Waals surface area contributed by atoms with Crippen molar-refractivity contribution in [3.05, 3.63) is 5.69 Å². The largest absolute Gasteiger partial charge is 0.394 e. The number of hydrogen-bond acceptors (Lipinski definition) is 8. The predicted octanol–water partition coefficient (Wildman–Crippen LogP) is -0.0340. The molecule has 22 heavy (non-hydrogen) atoms. The summed E-state index contributed by atoms with van der Waals surface area (Å²) in [5.41, 5.74) is 12.6. The molecule has 3 rings (SSSR count). The number of nitrogens with two attached hydrogens (primary N) is 2. The van der Waals surface area contributed by atoms with E-state index in [1.165, 1.54) is 4.68 Å². The van der Waals surface area contributed by atoms with Gasteiger partial charge in [0.25, 0.3) is 0 Å². The number of rotatable bonds is 2. The van der Waals surface area contributed by atoms with Crippen molar-refractivity contribution < 1.29 is 14.9 Å². The highest BCUT2D eigenvalue weighted by Gasteiger charge is 2.36. The van der Waals surface area contributed by atoms with Gasteiger partial charge in [0.05, 0.1) is 23.8 Å². The number of nitrogens with zero attached hydrogens (tertiary/aromatic N) is 4. The molecule has 6 N–H and O–H groups in total. The van der Waals surface area contributed by atoms with Crippen molar-refractivity contribution in [2.75, 3.05) is 18.1 Å². The zero-order valence-electron chi connectivity index (χ0n) is 12.9. The monoisotopic (exact) mass is 310 g/mol. The van der Waals surface area contributed by atoms with E-state index in [9.17, 15) is 5.11 Å². The summed E-state index contributed by atoms with van der Waals surface area (Å²) in [6.45, 7) is 5.53. The highest BCUT2D eigenvalue weighted by atomic mass is 16.5. The van der Waals surface area contributed by atoms with Crippen molar-refractivity contribution in [3.63, 3.8) is 0 Å². The van der Waals surface area contributed by atoms with Crippen molar-refractivity contribution in [1.29, 1.82) is 0 Å². The Hall–Kier alpha value is -1.97. The summed E-state index contributed by atoms with van der Waals surface area (Å²) in [7, 11) is 0. The Labute approximate surface area is 127 Å². The number of fused-ring (bicyclic) bond motifs is 1. The number of hydrogen-bond donors (Lipinski definition) is 4. The molecule has 1 fully saturated rings. The van der Waals surface area contributed by atoms with Crippen molar-refractivity contribution in [1.82, 2.24) is 19.7 Å². The minimum absolute atomic E-state index is 0.0494. The second kappa shape index (κ2) is 6.42. The van der Waals surface area contributed by atoms with Gasteiger partial charge in [-0.25, -0.2) is 4.68 Å². The van der Waals surface area contributed by atoms with Gasteiger partial charge in [0.1, 0.15) is 11.9 Å². The lowest BCUT2D eigenvalue weighted by atomic mass is 10.2. The van der Waals surface area contributed by atoms with E-state index >= 15 is 0 Å². The lowest BCUT2D eigenvalue weighted by molar-refractivity contribution is -0.0471. The van der Waals surface area contributed by atoms with Crippen LogP contribution in [0.5, 0.6) is 0 Å². The van der Waals surface area contributed by atoms with Gasteiger partial charge in [-0.05, 0) is 6.92 Å². The maximum absolute atomic E-state index is 9.80. The van der Waals surface area contributed by atoms with Gasteiger partial charge in [0, 0.05) is 6.42 Å². The Balaban J connectivity index is 0.000000847. The fourth-order valence-corrected chi connectivity index (χ4v) is 2.48. The molecule has 9 heteroatoms. The third-order valence-electron chi connectivity index (χ3n) is 3.43. The summed E-state index contributed by atoms with van der Waals surface area (Å²) in [5, 5.41) is 23.9. The number of aromatic nitrogens is 4. The minimum Gasteiger partial charge on any atom is -0.394 e. The number of anilines is 2. The first-order valence-electron chi connectivity index (χ1n) is 7.23. The van der Waals surface area contributed by atoms with E-state index < -0.39 is 18.4 Å². The number of ether oxygens (including phenoxy) is 1. The van der Waals surface area contributed by atoms with Crippen LogP contribution in [-0.4, -0.2) is 48.8 Å². The summed E-state index contributed by atoms with van der Waals surface area (Å²) in [6, 6.07) is 0. The summed E-state index contributed by atoms with van der Waals surface area (Å²) in [4.78, 5) is 8.05. The van der Waals surface area contributed by atoms with Crippen LogP contribution in [0.2, 0.25) is 0 Å². The first-order valence-corrected chi connectivity index (χ1v) is 7.23. The smallest absolute Gasteiger partial charge is 0.224 e. The SMILES string of the molecule is CC.Cc1nn(C2CC(O)C(CO)O2)c2nc(N)nc(N)c12. The van der Waals surface area contributed by atoms with Gasteiger partial charge in [-0.15, -0.1) is 0 Å². The highest BCUT2D eigenvalue weighted by molar-refractivity contribution is 5.89. The Kier molecular flexibility index (Phi) is 4.79. The topological polar surface area (TPSA) is 145 Å².